The van der Waals surface area contributed by atoms with Gasteiger partial charge in [-0.3, -0.25) is 0 Å². The Labute approximate surface area is 115 Å². The van der Waals surface area contributed by atoms with Gasteiger partial charge in [0.15, 0.2) is 11.6 Å². The van der Waals surface area contributed by atoms with Crippen molar-refractivity contribution in [2.24, 2.45) is 5.73 Å². The molecule has 2 aromatic carbocycles. The molecule has 0 bridgehead atoms. The molecule has 0 amide bonds. The monoisotopic (exact) mass is 279 g/mol. The first-order valence-corrected chi connectivity index (χ1v) is 6.08. The van der Waals surface area contributed by atoms with Gasteiger partial charge in [-0.25, -0.2) is 8.78 Å². The highest BCUT2D eigenvalue weighted by atomic mass is 19.2. The lowest BCUT2D eigenvalue weighted by Crippen LogP contribution is -2.20. The Morgan fingerprint density at radius 1 is 1.05 bits per heavy atom. The largest absolute Gasteiger partial charge is 0.497 e. The molecule has 0 saturated carbocycles. The van der Waals surface area contributed by atoms with Crippen molar-refractivity contribution in [1.29, 1.82) is 0 Å². The minimum absolute atomic E-state index is 0.0483. The van der Waals surface area contributed by atoms with Gasteiger partial charge in [0.2, 0.25) is 0 Å². The molecule has 2 aromatic rings. The second kappa shape index (κ2) is 6.34. The number of nitrogens with two attached hydrogens (primary N) is 1. The zero-order valence-corrected chi connectivity index (χ0v) is 11.0. The lowest BCUT2D eigenvalue weighted by molar-refractivity contribution is 0.286. The van der Waals surface area contributed by atoms with E-state index in [0.29, 0.717) is 11.5 Å². The highest BCUT2D eigenvalue weighted by molar-refractivity contribution is 5.31. The van der Waals surface area contributed by atoms with Crippen LogP contribution in [0.2, 0.25) is 0 Å². The Bertz CT molecular complexity index is 573. The van der Waals surface area contributed by atoms with Gasteiger partial charge in [-0.05, 0) is 30.3 Å². The first-order valence-electron chi connectivity index (χ1n) is 6.08. The van der Waals surface area contributed by atoms with Crippen LogP contribution in [0.15, 0.2) is 42.5 Å². The Morgan fingerprint density at radius 2 is 1.70 bits per heavy atom. The van der Waals surface area contributed by atoms with E-state index in [1.54, 1.807) is 31.4 Å². The van der Waals surface area contributed by atoms with Crippen LogP contribution in [0.25, 0.3) is 0 Å². The third-order valence-corrected chi connectivity index (χ3v) is 2.87. The number of rotatable bonds is 5. The summed E-state index contributed by atoms with van der Waals surface area (Å²) in [6.07, 6.45) is 0. The van der Waals surface area contributed by atoms with Gasteiger partial charge >= 0.3 is 0 Å². The molecule has 5 heteroatoms. The maximum atomic E-state index is 13.5. The first kappa shape index (κ1) is 14.3. The van der Waals surface area contributed by atoms with Crippen molar-refractivity contribution in [2.45, 2.75) is 6.04 Å². The van der Waals surface area contributed by atoms with E-state index in [2.05, 4.69) is 0 Å². The molecule has 3 nitrogen and oxygen atoms in total. The van der Waals surface area contributed by atoms with Gasteiger partial charge in [-0.15, -0.1) is 0 Å². The molecule has 2 N–H and O–H groups in total. The fraction of sp³-hybridized carbons (Fsp3) is 0.200. The van der Waals surface area contributed by atoms with Gasteiger partial charge in [0.1, 0.15) is 18.1 Å². The van der Waals surface area contributed by atoms with Crippen LogP contribution in [0.3, 0.4) is 0 Å². The number of ether oxygens (including phenoxy) is 2. The third kappa shape index (κ3) is 3.24. The summed E-state index contributed by atoms with van der Waals surface area (Å²) < 4.78 is 37.1. The Hall–Kier alpha value is -2.14. The quantitative estimate of drug-likeness (QED) is 0.915. The molecule has 0 aromatic heterocycles. The van der Waals surface area contributed by atoms with E-state index in [4.69, 9.17) is 15.2 Å². The molecule has 0 aliphatic rings. The van der Waals surface area contributed by atoms with Crippen LogP contribution < -0.4 is 15.2 Å². The number of methoxy groups -OCH3 is 1. The summed E-state index contributed by atoms with van der Waals surface area (Å²) in [4.78, 5) is 0. The maximum absolute atomic E-state index is 13.5. The number of halogens is 2. The summed E-state index contributed by atoms with van der Waals surface area (Å²) in [7, 11) is 1.57. The molecular formula is C15H15F2NO2. The standard InChI is InChI=1S/C15H15F2NO2/c1-19-10-5-7-11(8-6-10)20-9-14(18)12-3-2-4-13(16)15(12)17/h2-8,14H,9,18H2,1H3. The summed E-state index contributed by atoms with van der Waals surface area (Å²) >= 11 is 0. The van der Waals surface area contributed by atoms with E-state index in [9.17, 15) is 8.78 Å². The molecule has 1 unspecified atom stereocenters. The van der Waals surface area contributed by atoms with Crippen LogP contribution in [-0.4, -0.2) is 13.7 Å². The summed E-state index contributed by atoms with van der Waals surface area (Å²) in [6.45, 7) is 0.0483. The number of benzene rings is 2. The fourth-order valence-electron chi connectivity index (χ4n) is 1.75. The van der Waals surface area contributed by atoms with Crippen molar-refractivity contribution in [3.05, 3.63) is 59.7 Å². The molecule has 0 radical (unpaired) electrons. The molecule has 0 aliphatic heterocycles. The van der Waals surface area contributed by atoms with E-state index >= 15 is 0 Å². The summed E-state index contributed by atoms with van der Waals surface area (Å²) in [5.74, 6) is -0.559. The van der Waals surface area contributed by atoms with Gasteiger partial charge in [0.05, 0.1) is 13.2 Å². The van der Waals surface area contributed by atoms with Gasteiger partial charge in [-0.2, -0.15) is 0 Å². The topological polar surface area (TPSA) is 44.5 Å². The first-order chi connectivity index (χ1) is 9.61. The van der Waals surface area contributed by atoms with Crippen LogP contribution in [0.4, 0.5) is 8.78 Å². The van der Waals surface area contributed by atoms with Crippen LogP contribution >= 0.6 is 0 Å². The molecule has 0 aliphatic carbocycles. The average Bonchev–Trinajstić information content (AvgIpc) is 2.48. The lowest BCUT2D eigenvalue weighted by Gasteiger charge is -2.14. The summed E-state index contributed by atoms with van der Waals surface area (Å²) in [5, 5.41) is 0. The molecule has 20 heavy (non-hydrogen) atoms. The van der Waals surface area contributed by atoms with Crippen molar-refractivity contribution >= 4 is 0 Å². The second-order valence-electron chi connectivity index (χ2n) is 4.24. The minimum Gasteiger partial charge on any atom is -0.497 e. The average molecular weight is 279 g/mol. The van der Waals surface area contributed by atoms with Gasteiger partial charge in [0.25, 0.3) is 0 Å². The molecule has 0 fully saturated rings. The fourth-order valence-corrected chi connectivity index (χ4v) is 1.75. The molecule has 106 valence electrons. The number of hydrogen-bond donors (Lipinski definition) is 1. The van der Waals surface area contributed by atoms with E-state index in [1.165, 1.54) is 12.1 Å². The zero-order chi connectivity index (χ0) is 14.5. The van der Waals surface area contributed by atoms with Gasteiger partial charge in [-0.1, -0.05) is 12.1 Å². The molecule has 2 rings (SSSR count). The van der Waals surface area contributed by atoms with Crippen molar-refractivity contribution in [3.63, 3.8) is 0 Å². The number of hydrogen-bond acceptors (Lipinski definition) is 3. The smallest absolute Gasteiger partial charge is 0.163 e. The second-order valence-corrected chi connectivity index (χ2v) is 4.24. The van der Waals surface area contributed by atoms with Crippen LogP contribution in [0.5, 0.6) is 11.5 Å². The molecular weight excluding hydrogens is 264 g/mol. The predicted molar refractivity (Wildman–Crippen MR) is 71.8 cm³/mol. The van der Waals surface area contributed by atoms with Crippen molar-refractivity contribution < 1.29 is 18.3 Å². The Morgan fingerprint density at radius 3 is 2.35 bits per heavy atom. The molecule has 0 heterocycles. The summed E-state index contributed by atoms with van der Waals surface area (Å²) in [6, 6.07) is 10.1. The van der Waals surface area contributed by atoms with Crippen molar-refractivity contribution in [3.8, 4) is 11.5 Å². The Kier molecular flexibility index (Phi) is 4.53. The Balaban J connectivity index is 2.00. The maximum Gasteiger partial charge on any atom is 0.163 e. The molecule has 0 spiro atoms. The van der Waals surface area contributed by atoms with Gasteiger partial charge < -0.3 is 15.2 Å². The summed E-state index contributed by atoms with van der Waals surface area (Å²) in [5.41, 5.74) is 5.91. The highest BCUT2D eigenvalue weighted by Crippen LogP contribution is 2.21. The SMILES string of the molecule is COc1ccc(OCC(N)c2cccc(F)c2F)cc1. The predicted octanol–water partition coefficient (Wildman–Crippen LogP) is 3.05. The molecule has 0 saturated heterocycles. The van der Waals surface area contributed by atoms with Crippen LogP contribution in [-0.2, 0) is 0 Å². The van der Waals surface area contributed by atoms with E-state index in [-0.39, 0.29) is 12.2 Å². The van der Waals surface area contributed by atoms with Crippen LogP contribution in [0.1, 0.15) is 11.6 Å². The minimum atomic E-state index is -0.932. The zero-order valence-electron chi connectivity index (χ0n) is 11.0. The van der Waals surface area contributed by atoms with Gasteiger partial charge in [0, 0.05) is 5.56 Å². The van der Waals surface area contributed by atoms with E-state index in [0.717, 1.165) is 6.07 Å². The van der Waals surface area contributed by atoms with Crippen molar-refractivity contribution in [2.75, 3.05) is 13.7 Å². The third-order valence-electron chi connectivity index (χ3n) is 2.87. The van der Waals surface area contributed by atoms with Crippen LogP contribution in [0, 0.1) is 11.6 Å². The highest BCUT2D eigenvalue weighted by Gasteiger charge is 2.15. The van der Waals surface area contributed by atoms with E-state index < -0.39 is 17.7 Å². The molecule has 1 atom stereocenters. The van der Waals surface area contributed by atoms with E-state index in [1.807, 2.05) is 0 Å². The normalized spacial score (nSPS) is 12.0. The van der Waals surface area contributed by atoms with Crippen molar-refractivity contribution in [1.82, 2.24) is 0 Å². The lowest BCUT2D eigenvalue weighted by atomic mass is 10.1.